The minimum absolute atomic E-state index is 0.266. The minimum Gasteiger partial charge on any atom is -0.406 e. The normalized spacial score (nSPS) is 11.5. The topological polar surface area (TPSA) is 9.23 Å². The Morgan fingerprint density at radius 1 is 0.731 bits per heavy atom. The van der Waals surface area contributed by atoms with Crippen molar-refractivity contribution in [1.82, 2.24) is 0 Å². The van der Waals surface area contributed by atoms with Gasteiger partial charge in [-0.25, -0.2) is 4.39 Å². The molecule has 0 aliphatic heterocycles. The molecule has 0 aliphatic rings. The van der Waals surface area contributed by atoms with Gasteiger partial charge in [0, 0.05) is 5.56 Å². The number of rotatable bonds is 3. The van der Waals surface area contributed by atoms with Gasteiger partial charge in [0.05, 0.1) is 0 Å². The molecule has 0 N–H and O–H groups in total. The van der Waals surface area contributed by atoms with Gasteiger partial charge < -0.3 is 4.74 Å². The van der Waals surface area contributed by atoms with Crippen molar-refractivity contribution < 1.29 is 22.3 Å². The average Bonchev–Trinajstić information content (AvgIpc) is 2.54. The molecule has 0 amide bonds. The largest absolute Gasteiger partial charge is 0.573 e. The molecule has 0 saturated heterocycles. The molecule has 0 atom stereocenters. The highest BCUT2D eigenvalue weighted by molar-refractivity contribution is 5.74. The van der Waals surface area contributed by atoms with Gasteiger partial charge in [0.15, 0.2) is 0 Å². The third kappa shape index (κ3) is 4.04. The fourth-order valence-corrected chi connectivity index (χ4v) is 2.85. The number of halogens is 4. The van der Waals surface area contributed by atoms with Crippen LogP contribution < -0.4 is 4.74 Å². The van der Waals surface area contributed by atoms with Gasteiger partial charge in [0.25, 0.3) is 0 Å². The zero-order chi connectivity index (χ0) is 18.9. The second-order valence-electron chi connectivity index (χ2n) is 6.09. The van der Waals surface area contributed by atoms with Crippen molar-refractivity contribution in [3.63, 3.8) is 0 Å². The quantitative estimate of drug-likeness (QED) is 0.474. The Bertz CT molecular complexity index is 928. The number of alkyl halides is 3. The summed E-state index contributed by atoms with van der Waals surface area (Å²) in [6, 6.07) is 16.3. The summed E-state index contributed by atoms with van der Waals surface area (Å²) in [6.45, 7) is 3.71. The van der Waals surface area contributed by atoms with Crippen molar-refractivity contribution in [2.45, 2.75) is 20.2 Å². The summed E-state index contributed by atoms with van der Waals surface area (Å²) in [7, 11) is 0. The molecule has 1 nitrogen and oxygen atoms in total. The summed E-state index contributed by atoms with van der Waals surface area (Å²) in [5.41, 5.74) is 4.63. The van der Waals surface area contributed by atoms with E-state index in [0.717, 1.165) is 27.8 Å². The van der Waals surface area contributed by atoms with Crippen LogP contribution in [0.25, 0.3) is 22.3 Å². The number of aryl methyl sites for hydroxylation is 2. The maximum absolute atomic E-state index is 14.2. The van der Waals surface area contributed by atoms with Gasteiger partial charge in [-0.1, -0.05) is 42.5 Å². The summed E-state index contributed by atoms with van der Waals surface area (Å²) in [6.07, 6.45) is -4.71. The molecule has 0 fully saturated rings. The van der Waals surface area contributed by atoms with Crippen LogP contribution in [0, 0.1) is 19.7 Å². The zero-order valence-electron chi connectivity index (χ0n) is 14.2. The number of ether oxygens (including phenoxy) is 1. The molecule has 134 valence electrons. The molecule has 0 bridgehead atoms. The predicted molar refractivity (Wildman–Crippen MR) is 93.4 cm³/mol. The van der Waals surface area contributed by atoms with E-state index in [4.69, 9.17) is 0 Å². The first-order valence-electron chi connectivity index (χ1n) is 7.96. The van der Waals surface area contributed by atoms with Crippen LogP contribution in [0.1, 0.15) is 11.1 Å². The third-order valence-corrected chi connectivity index (χ3v) is 4.06. The summed E-state index contributed by atoms with van der Waals surface area (Å²) in [5.74, 6) is -0.553. The van der Waals surface area contributed by atoms with Gasteiger partial charge >= 0.3 is 6.36 Å². The molecule has 3 aromatic carbocycles. The molecular weight excluding hydrogens is 344 g/mol. The molecule has 0 aromatic heterocycles. The molecule has 0 spiro atoms. The molecule has 0 aliphatic carbocycles. The molecule has 0 heterocycles. The number of benzene rings is 3. The van der Waals surface area contributed by atoms with E-state index < -0.39 is 6.36 Å². The lowest BCUT2D eigenvalue weighted by Gasteiger charge is -2.12. The van der Waals surface area contributed by atoms with Gasteiger partial charge in [-0.15, -0.1) is 13.2 Å². The summed E-state index contributed by atoms with van der Waals surface area (Å²) < 4.78 is 54.8. The molecule has 26 heavy (non-hydrogen) atoms. The van der Waals surface area contributed by atoms with Crippen LogP contribution in [0.5, 0.6) is 5.75 Å². The monoisotopic (exact) mass is 360 g/mol. The van der Waals surface area contributed by atoms with Gasteiger partial charge in [-0.3, -0.25) is 0 Å². The van der Waals surface area contributed by atoms with E-state index in [0.29, 0.717) is 5.56 Å². The summed E-state index contributed by atoms with van der Waals surface area (Å²) in [4.78, 5) is 0. The maximum Gasteiger partial charge on any atom is 0.573 e. The minimum atomic E-state index is -4.71. The molecule has 5 heteroatoms. The highest BCUT2D eigenvalue weighted by Crippen LogP contribution is 2.32. The van der Waals surface area contributed by atoms with E-state index in [1.54, 1.807) is 24.3 Å². The highest BCUT2D eigenvalue weighted by atomic mass is 19.4. The van der Waals surface area contributed by atoms with Gasteiger partial charge in [-0.05, 0) is 59.9 Å². The van der Waals surface area contributed by atoms with E-state index in [1.165, 1.54) is 18.2 Å². The van der Waals surface area contributed by atoms with Gasteiger partial charge in [-0.2, -0.15) is 0 Å². The van der Waals surface area contributed by atoms with E-state index in [9.17, 15) is 17.6 Å². The second-order valence-corrected chi connectivity index (χ2v) is 6.09. The van der Waals surface area contributed by atoms with Crippen LogP contribution in [-0.2, 0) is 0 Å². The zero-order valence-corrected chi connectivity index (χ0v) is 14.2. The predicted octanol–water partition coefficient (Wildman–Crippen LogP) is 6.68. The van der Waals surface area contributed by atoms with Crippen molar-refractivity contribution in [1.29, 1.82) is 0 Å². The molecule has 3 rings (SSSR count). The molecular formula is C21H16F4O. The number of hydrogen-bond donors (Lipinski definition) is 0. The Labute approximate surface area is 148 Å². The van der Waals surface area contributed by atoms with Crippen molar-refractivity contribution in [2.24, 2.45) is 0 Å². The Morgan fingerprint density at radius 2 is 1.35 bits per heavy atom. The lowest BCUT2D eigenvalue weighted by Crippen LogP contribution is -2.16. The van der Waals surface area contributed by atoms with Crippen LogP contribution in [0.3, 0.4) is 0 Å². The fourth-order valence-electron chi connectivity index (χ4n) is 2.85. The first-order valence-corrected chi connectivity index (χ1v) is 7.96. The van der Waals surface area contributed by atoms with Crippen molar-refractivity contribution in [2.75, 3.05) is 0 Å². The van der Waals surface area contributed by atoms with E-state index in [2.05, 4.69) is 4.74 Å². The summed E-state index contributed by atoms with van der Waals surface area (Å²) in [5, 5.41) is 0. The van der Waals surface area contributed by atoms with Crippen LogP contribution in [0.15, 0.2) is 60.7 Å². The first kappa shape index (κ1) is 18.0. The molecule has 0 unspecified atom stereocenters. The van der Waals surface area contributed by atoms with E-state index in [-0.39, 0.29) is 11.6 Å². The van der Waals surface area contributed by atoms with Crippen LogP contribution >= 0.6 is 0 Å². The van der Waals surface area contributed by atoms with Crippen LogP contribution in [0.2, 0.25) is 0 Å². The Hall–Kier alpha value is -2.82. The lowest BCUT2D eigenvalue weighted by molar-refractivity contribution is -0.274. The SMILES string of the molecule is Cc1ccc(-c2ccc(-c3ccc(OC(F)(F)F)cc3)c(C)c2)c(F)c1. The Morgan fingerprint density at radius 3 is 1.92 bits per heavy atom. The standard InChI is InChI=1S/C21H16F4O/c1-13-3-9-19(20(22)11-13)16-6-10-18(14(2)12-16)15-4-7-17(8-5-15)26-21(23,24)25/h3-12H,1-2H3. The first-order chi connectivity index (χ1) is 12.2. The van der Waals surface area contributed by atoms with Crippen molar-refractivity contribution in [3.8, 4) is 28.0 Å². The maximum atomic E-state index is 14.2. The molecule has 0 saturated carbocycles. The second kappa shape index (κ2) is 6.83. The van der Waals surface area contributed by atoms with E-state index >= 15 is 0 Å². The lowest BCUT2D eigenvalue weighted by atomic mass is 9.95. The third-order valence-electron chi connectivity index (χ3n) is 4.06. The van der Waals surface area contributed by atoms with Crippen LogP contribution in [-0.4, -0.2) is 6.36 Å². The molecule has 0 radical (unpaired) electrons. The van der Waals surface area contributed by atoms with Crippen LogP contribution in [0.4, 0.5) is 17.6 Å². The Balaban J connectivity index is 1.90. The van der Waals surface area contributed by atoms with Gasteiger partial charge in [0.1, 0.15) is 11.6 Å². The van der Waals surface area contributed by atoms with Crippen molar-refractivity contribution >= 4 is 0 Å². The van der Waals surface area contributed by atoms with Gasteiger partial charge in [0.2, 0.25) is 0 Å². The number of hydrogen-bond acceptors (Lipinski definition) is 1. The Kier molecular flexibility index (Phi) is 4.72. The molecule has 3 aromatic rings. The van der Waals surface area contributed by atoms with E-state index in [1.807, 2.05) is 32.0 Å². The fraction of sp³-hybridized carbons (Fsp3) is 0.143. The average molecular weight is 360 g/mol. The van der Waals surface area contributed by atoms with Crippen molar-refractivity contribution in [3.05, 3.63) is 77.6 Å². The highest BCUT2D eigenvalue weighted by Gasteiger charge is 2.30. The smallest absolute Gasteiger partial charge is 0.406 e. The summed E-state index contributed by atoms with van der Waals surface area (Å²) >= 11 is 0.